The topological polar surface area (TPSA) is 114 Å². The van der Waals surface area contributed by atoms with Crippen LogP contribution in [0.1, 0.15) is 70.7 Å². The van der Waals surface area contributed by atoms with Gasteiger partial charge in [-0.3, -0.25) is 19.4 Å². The molecule has 0 saturated carbocycles. The number of rotatable bonds is 13. The number of carbonyl (C=O) groups excluding carboxylic acids is 1. The van der Waals surface area contributed by atoms with Gasteiger partial charge in [0.1, 0.15) is 24.4 Å². The first kappa shape index (κ1) is 35.1. The third kappa shape index (κ3) is 10.1. The number of carbonyl (C=O) groups is 2. The number of likely N-dealkylation sites (tertiary alicyclic amines) is 2. The van der Waals surface area contributed by atoms with Gasteiger partial charge in [-0.05, 0) is 42.7 Å². The van der Waals surface area contributed by atoms with Gasteiger partial charge in [0.25, 0.3) is 11.1 Å². The number of ether oxygens (including phenoxy) is 1. The number of hydrogen-bond acceptors (Lipinski definition) is 7. The first-order valence-corrected chi connectivity index (χ1v) is 15.3. The van der Waals surface area contributed by atoms with E-state index in [4.69, 9.17) is 4.74 Å². The SMILES string of the molecule is CC(C)CC(C(=O)O)n1cc(CN2CC(F)C2)ccc1=O.CCOC(=O)C(CC(C)C)n1cc(CN2CC(F)C2)ccc1=O. The zero-order valence-electron chi connectivity index (χ0n) is 26.3. The van der Waals surface area contributed by atoms with Gasteiger partial charge in [0.15, 0.2) is 0 Å². The molecule has 2 saturated heterocycles. The lowest BCUT2D eigenvalue weighted by Gasteiger charge is -2.34. The van der Waals surface area contributed by atoms with E-state index in [1.165, 1.54) is 21.3 Å². The average molecular weight is 621 g/mol. The van der Waals surface area contributed by atoms with Crippen LogP contribution in [0, 0.1) is 11.8 Å². The van der Waals surface area contributed by atoms with Crippen LogP contribution in [-0.4, -0.2) is 81.1 Å². The van der Waals surface area contributed by atoms with Crippen LogP contribution in [0.4, 0.5) is 8.78 Å². The molecule has 2 aliphatic rings. The van der Waals surface area contributed by atoms with Crippen molar-refractivity contribution in [3.63, 3.8) is 0 Å². The van der Waals surface area contributed by atoms with Crippen molar-refractivity contribution in [3.8, 4) is 0 Å². The highest BCUT2D eigenvalue weighted by Gasteiger charge is 2.28. The predicted molar refractivity (Wildman–Crippen MR) is 163 cm³/mol. The highest BCUT2D eigenvalue weighted by molar-refractivity contribution is 5.74. The zero-order valence-corrected chi connectivity index (χ0v) is 26.3. The number of halogens is 2. The van der Waals surface area contributed by atoms with Crippen LogP contribution in [0.15, 0.2) is 46.2 Å². The summed E-state index contributed by atoms with van der Waals surface area (Å²) in [6.45, 7) is 12.6. The Balaban J connectivity index is 0.000000241. The molecule has 44 heavy (non-hydrogen) atoms. The number of hydrogen-bond donors (Lipinski definition) is 1. The van der Waals surface area contributed by atoms with Crippen molar-refractivity contribution in [2.45, 2.75) is 85.0 Å². The number of aliphatic carboxylic acids is 1. The highest BCUT2D eigenvalue weighted by atomic mass is 19.1. The summed E-state index contributed by atoms with van der Waals surface area (Å²) in [7, 11) is 0. The van der Waals surface area contributed by atoms with E-state index < -0.39 is 30.4 Å². The van der Waals surface area contributed by atoms with Gasteiger partial charge < -0.3 is 19.0 Å². The lowest BCUT2D eigenvalue weighted by atomic mass is 10.0. The Labute approximate surface area is 257 Å². The molecule has 244 valence electrons. The van der Waals surface area contributed by atoms with E-state index in [1.54, 1.807) is 31.5 Å². The van der Waals surface area contributed by atoms with E-state index in [0.717, 1.165) is 11.1 Å². The molecule has 4 rings (SSSR count). The summed E-state index contributed by atoms with van der Waals surface area (Å²) in [5.41, 5.74) is 1.18. The van der Waals surface area contributed by atoms with Crippen molar-refractivity contribution in [3.05, 3.63) is 68.5 Å². The van der Waals surface area contributed by atoms with Crippen LogP contribution in [-0.2, 0) is 27.4 Å². The lowest BCUT2D eigenvalue weighted by molar-refractivity contribution is -0.147. The number of nitrogens with zero attached hydrogens (tertiary/aromatic N) is 4. The van der Waals surface area contributed by atoms with Crippen molar-refractivity contribution in [1.82, 2.24) is 18.9 Å². The summed E-state index contributed by atoms with van der Waals surface area (Å²) in [4.78, 5) is 51.7. The summed E-state index contributed by atoms with van der Waals surface area (Å²) in [6.07, 6.45) is 2.71. The molecule has 0 radical (unpaired) electrons. The van der Waals surface area contributed by atoms with E-state index in [-0.39, 0.29) is 35.5 Å². The molecular formula is C32H46F2N4O6. The van der Waals surface area contributed by atoms with Crippen LogP contribution in [0.5, 0.6) is 0 Å². The summed E-state index contributed by atoms with van der Waals surface area (Å²) in [6, 6.07) is 4.79. The third-order valence-electron chi connectivity index (χ3n) is 7.54. The van der Waals surface area contributed by atoms with Gasteiger partial charge in [-0.2, -0.15) is 0 Å². The fourth-order valence-electron chi connectivity index (χ4n) is 5.35. The molecule has 0 amide bonds. The Hall–Kier alpha value is -3.38. The molecule has 4 heterocycles. The second-order valence-electron chi connectivity index (χ2n) is 12.5. The fourth-order valence-corrected chi connectivity index (χ4v) is 5.35. The minimum atomic E-state index is -1.00. The minimum absolute atomic E-state index is 0.171. The summed E-state index contributed by atoms with van der Waals surface area (Å²) in [5.74, 6) is -0.962. The standard InChI is InChI=1S/C17H25FN2O3.C15H21FN2O3/c1-4-23-17(22)15(7-12(2)3)20-9-13(5-6-16(20)21)8-19-10-14(18)11-19;1-10(2)5-13(15(20)21)18-7-11(3-4-14(18)19)6-17-8-12(16)9-17/h5-6,9,12,14-15H,4,7-8,10-11H2,1-3H3;3-4,7,10,12-13H,5-6,8-9H2,1-2H3,(H,20,21). The fraction of sp³-hybridized carbons (Fsp3) is 0.625. The van der Waals surface area contributed by atoms with Gasteiger partial charge in [-0.1, -0.05) is 39.8 Å². The Morgan fingerprint density at radius 1 is 0.795 bits per heavy atom. The molecule has 10 nitrogen and oxygen atoms in total. The van der Waals surface area contributed by atoms with E-state index in [9.17, 15) is 33.1 Å². The normalized spacial score (nSPS) is 17.4. The smallest absolute Gasteiger partial charge is 0.329 e. The van der Waals surface area contributed by atoms with Crippen LogP contribution < -0.4 is 11.1 Å². The molecule has 0 bridgehead atoms. The van der Waals surface area contributed by atoms with E-state index >= 15 is 0 Å². The largest absolute Gasteiger partial charge is 0.480 e. The molecule has 2 atom stereocenters. The molecule has 2 aromatic rings. The molecule has 2 unspecified atom stereocenters. The molecule has 2 fully saturated rings. The maximum Gasteiger partial charge on any atom is 0.329 e. The van der Waals surface area contributed by atoms with Crippen molar-refractivity contribution in [2.75, 3.05) is 32.8 Å². The second kappa shape index (κ2) is 16.1. The lowest BCUT2D eigenvalue weighted by Crippen LogP contribution is -2.47. The van der Waals surface area contributed by atoms with Crippen molar-refractivity contribution in [1.29, 1.82) is 0 Å². The van der Waals surface area contributed by atoms with Crippen LogP contribution in [0.2, 0.25) is 0 Å². The number of alkyl halides is 2. The molecule has 0 aliphatic carbocycles. The first-order valence-electron chi connectivity index (χ1n) is 15.3. The molecule has 12 heteroatoms. The molecule has 2 aliphatic heterocycles. The van der Waals surface area contributed by atoms with Crippen molar-refractivity contribution in [2.24, 2.45) is 11.8 Å². The Kier molecular flexibility index (Phi) is 12.8. The Bertz CT molecular complexity index is 1360. The first-order chi connectivity index (χ1) is 20.8. The summed E-state index contributed by atoms with van der Waals surface area (Å²) >= 11 is 0. The van der Waals surface area contributed by atoms with E-state index in [2.05, 4.69) is 0 Å². The third-order valence-corrected chi connectivity index (χ3v) is 7.54. The van der Waals surface area contributed by atoms with Gasteiger partial charge in [-0.25, -0.2) is 18.4 Å². The zero-order chi connectivity index (χ0) is 32.6. The number of esters is 1. The molecule has 1 N–H and O–H groups in total. The number of carboxylic acid groups (broad SMARTS) is 1. The maximum absolute atomic E-state index is 12.9. The molecule has 0 aromatic carbocycles. The second-order valence-corrected chi connectivity index (χ2v) is 12.5. The maximum atomic E-state index is 12.9. The summed E-state index contributed by atoms with van der Waals surface area (Å²) < 4.78 is 33.6. The van der Waals surface area contributed by atoms with Gasteiger partial charge in [0, 0.05) is 63.8 Å². The van der Waals surface area contributed by atoms with Crippen molar-refractivity contribution >= 4 is 11.9 Å². The summed E-state index contributed by atoms with van der Waals surface area (Å²) in [5, 5.41) is 9.35. The van der Waals surface area contributed by atoms with Crippen LogP contribution in [0.25, 0.3) is 0 Å². The molecule has 2 aromatic heterocycles. The Morgan fingerprint density at radius 3 is 1.57 bits per heavy atom. The van der Waals surface area contributed by atoms with Gasteiger partial charge in [-0.15, -0.1) is 0 Å². The van der Waals surface area contributed by atoms with E-state index in [1.807, 2.05) is 37.5 Å². The number of aromatic nitrogens is 2. The molecule has 0 spiro atoms. The predicted octanol–water partition coefficient (Wildman–Crippen LogP) is 3.83. The average Bonchev–Trinajstić information content (AvgIpc) is 2.91. The monoisotopic (exact) mass is 620 g/mol. The Morgan fingerprint density at radius 2 is 1.20 bits per heavy atom. The van der Waals surface area contributed by atoms with Crippen LogP contribution >= 0.6 is 0 Å². The number of pyridine rings is 2. The van der Waals surface area contributed by atoms with Gasteiger partial charge in [0.05, 0.1) is 6.61 Å². The van der Waals surface area contributed by atoms with Crippen molar-refractivity contribution < 1.29 is 28.2 Å². The van der Waals surface area contributed by atoms with E-state index in [0.29, 0.717) is 52.1 Å². The van der Waals surface area contributed by atoms with Gasteiger partial charge in [0.2, 0.25) is 0 Å². The van der Waals surface area contributed by atoms with Crippen LogP contribution in [0.3, 0.4) is 0 Å². The molecular weight excluding hydrogens is 574 g/mol. The highest BCUT2D eigenvalue weighted by Crippen LogP contribution is 2.21. The number of carboxylic acids is 1. The van der Waals surface area contributed by atoms with Gasteiger partial charge >= 0.3 is 11.9 Å². The quantitative estimate of drug-likeness (QED) is 0.336. The minimum Gasteiger partial charge on any atom is -0.480 e.